The summed E-state index contributed by atoms with van der Waals surface area (Å²) in [6, 6.07) is 3.36. The van der Waals surface area contributed by atoms with Gasteiger partial charge in [0.05, 0.1) is 5.69 Å². The summed E-state index contributed by atoms with van der Waals surface area (Å²) < 4.78 is 13.5. The van der Waals surface area contributed by atoms with E-state index >= 15 is 0 Å². The third kappa shape index (κ3) is 5.67. The third-order valence-corrected chi connectivity index (χ3v) is 3.33. The van der Waals surface area contributed by atoms with Crippen LogP contribution in [0, 0.1) is 5.82 Å². The maximum absolute atomic E-state index is 13.5. The first-order valence-corrected chi connectivity index (χ1v) is 7.46. The van der Waals surface area contributed by atoms with E-state index in [0.717, 1.165) is 6.07 Å². The number of thioether (sulfide) groups is 1. The largest absolute Gasteiger partial charge is 0.396 e. The Kier molecular flexibility index (Phi) is 6.97. The number of rotatable bonds is 6. The maximum atomic E-state index is 13.5. The molecule has 2 amide bonds. The van der Waals surface area contributed by atoms with Gasteiger partial charge in [-0.3, -0.25) is 0 Å². The molecule has 0 radical (unpaired) electrons. The second-order valence-electron chi connectivity index (χ2n) is 3.89. The van der Waals surface area contributed by atoms with E-state index in [0.29, 0.717) is 12.2 Å². The van der Waals surface area contributed by atoms with E-state index in [2.05, 4.69) is 10.6 Å². The number of aliphatic hydroxyl groups is 1. The lowest BCUT2D eigenvalue weighted by Crippen LogP contribution is -2.40. The van der Waals surface area contributed by atoms with Gasteiger partial charge < -0.3 is 15.7 Å². The molecule has 0 fully saturated rings. The first kappa shape index (κ1) is 16.1. The second kappa shape index (κ2) is 8.24. The Hall–Kier alpha value is -0.980. The third-order valence-electron chi connectivity index (χ3n) is 2.36. The number of nitrogens with one attached hydrogen (secondary N) is 2. The number of anilines is 1. The van der Waals surface area contributed by atoms with E-state index in [1.54, 1.807) is 11.8 Å². The fourth-order valence-corrected chi connectivity index (χ4v) is 2.30. The van der Waals surface area contributed by atoms with Crippen LogP contribution in [0.1, 0.15) is 6.42 Å². The van der Waals surface area contributed by atoms with Gasteiger partial charge in [0.2, 0.25) is 0 Å². The molecule has 1 aromatic rings. The summed E-state index contributed by atoms with van der Waals surface area (Å²) >= 11 is 7.18. The van der Waals surface area contributed by atoms with Crippen molar-refractivity contribution < 1.29 is 14.3 Å². The lowest BCUT2D eigenvalue weighted by Gasteiger charge is -2.17. The summed E-state index contributed by atoms with van der Waals surface area (Å²) in [7, 11) is 0. The zero-order valence-electron chi connectivity index (χ0n) is 10.5. The van der Waals surface area contributed by atoms with Crippen molar-refractivity contribution in [1.29, 1.82) is 0 Å². The lowest BCUT2D eigenvalue weighted by molar-refractivity contribution is 0.241. The van der Waals surface area contributed by atoms with Crippen LogP contribution in [-0.2, 0) is 0 Å². The van der Waals surface area contributed by atoms with E-state index in [9.17, 15) is 9.18 Å². The lowest BCUT2D eigenvalue weighted by atomic mass is 10.2. The van der Waals surface area contributed by atoms with Crippen molar-refractivity contribution in [2.45, 2.75) is 12.5 Å². The standard InChI is InChI=1S/C12H16ClFN2O2S/c1-19-7-9(4-5-17)15-12(18)16-11-3-2-8(13)6-10(11)14/h2-3,6,9,17H,4-5,7H2,1H3,(H2,15,16,18)/t9-/m1/s1. The molecule has 19 heavy (non-hydrogen) atoms. The maximum Gasteiger partial charge on any atom is 0.319 e. The molecule has 0 unspecified atom stereocenters. The Labute approximate surface area is 120 Å². The number of benzene rings is 1. The van der Waals surface area contributed by atoms with Gasteiger partial charge >= 0.3 is 6.03 Å². The number of hydrogen-bond donors (Lipinski definition) is 3. The predicted octanol–water partition coefficient (Wildman–Crippen LogP) is 2.71. The van der Waals surface area contributed by atoms with Crippen LogP contribution in [0.2, 0.25) is 5.02 Å². The summed E-state index contributed by atoms with van der Waals surface area (Å²) in [4.78, 5) is 11.7. The van der Waals surface area contributed by atoms with Crippen molar-refractivity contribution in [1.82, 2.24) is 5.32 Å². The quantitative estimate of drug-likeness (QED) is 0.757. The van der Waals surface area contributed by atoms with Crippen molar-refractivity contribution in [3.63, 3.8) is 0 Å². The fourth-order valence-electron chi connectivity index (χ4n) is 1.49. The number of aliphatic hydroxyl groups excluding tert-OH is 1. The van der Waals surface area contributed by atoms with Crippen LogP contribution in [0.4, 0.5) is 14.9 Å². The van der Waals surface area contributed by atoms with Crippen LogP contribution in [0.15, 0.2) is 18.2 Å². The fraction of sp³-hybridized carbons (Fsp3) is 0.417. The van der Waals surface area contributed by atoms with Crippen molar-refractivity contribution in [3.8, 4) is 0 Å². The Bertz CT molecular complexity index is 428. The molecule has 0 saturated heterocycles. The molecule has 0 saturated carbocycles. The van der Waals surface area contributed by atoms with Crippen molar-refractivity contribution in [2.24, 2.45) is 0 Å². The zero-order valence-corrected chi connectivity index (χ0v) is 12.0. The average Bonchev–Trinajstić information content (AvgIpc) is 2.33. The van der Waals surface area contributed by atoms with Crippen molar-refractivity contribution in [3.05, 3.63) is 29.0 Å². The van der Waals surface area contributed by atoms with E-state index in [1.165, 1.54) is 12.1 Å². The molecule has 106 valence electrons. The molecular weight excluding hydrogens is 291 g/mol. The number of carbonyl (C=O) groups is 1. The van der Waals surface area contributed by atoms with Gasteiger partial charge in [0, 0.05) is 23.4 Å². The van der Waals surface area contributed by atoms with Gasteiger partial charge in [-0.25, -0.2) is 9.18 Å². The minimum absolute atomic E-state index is 0.0131. The Morgan fingerprint density at radius 1 is 1.58 bits per heavy atom. The summed E-state index contributed by atoms with van der Waals surface area (Å²) in [5, 5.41) is 14.2. The van der Waals surface area contributed by atoms with Gasteiger partial charge in [0.25, 0.3) is 0 Å². The van der Waals surface area contributed by atoms with Crippen LogP contribution in [-0.4, -0.2) is 35.8 Å². The first-order chi connectivity index (χ1) is 9.06. The highest BCUT2D eigenvalue weighted by Gasteiger charge is 2.12. The van der Waals surface area contributed by atoms with Gasteiger partial charge in [-0.1, -0.05) is 11.6 Å². The number of urea groups is 1. The Morgan fingerprint density at radius 2 is 2.32 bits per heavy atom. The smallest absolute Gasteiger partial charge is 0.319 e. The van der Waals surface area contributed by atoms with Crippen LogP contribution in [0.5, 0.6) is 0 Å². The number of carbonyl (C=O) groups excluding carboxylic acids is 1. The Balaban J connectivity index is 2.58. The summed E-state index contributed by atoms with van der Waals surface area (Å²) in [5.74, 6) is 0.0862. The topological polar surface area (TPSA) is 61.4 Å². The number of amides is 2. The molecule has 4 nitrogen and oxygen atoms in total. The summed E-state index contributed by atoms with van der Waals surface area (Å²) in [6.45, 7) is -0.0131. The average molecular weight is 307 g/mol. The normalized spacial score (nSPS) is 12.0. The van der Waals surface area contributed by atoms with Crippen LogP contribution in [0.3, 0.4) is 0 Å². The molecular formula is C12H16ClFN2O2S. The van der Waals surface area contributed by atoms with Gasteiger partial charge in [0.1, 0.15) is 5.82 Å². The molecule has 0 bridgehead atoms. The number of hydrogen-bond acceptors (Lipinski definition) is 3. The summed E-state index contributed by atoms with van der Waals surface area (Å²) in [6.07, 6.45) is 2.36. The van der Waals surface area contributed by atoms with E-state index in [-0.39, 0.29) is 23.4 Å². The van der Waals surface area contributed by atoms with Gasteiger partial charge in [-0.15, -0.1) is 0 Å². The second-order valence-corrected chi connectivity index (χ2v) is 5.23. The highest BCUT2D eigenvalue weighted by Crippen LogP contribution is 2.18. The van der Waals surface area contributed by atoms with Crippen molar-refractivity contribution >= 4 is 35.1 Å². The molecule has 7 heteroatoms. The predicted molar refractivity (Wildman–Crippen MR) is 77.4 cm³/mol. The first-order valence-electron chi connectivity index (χ1n) is 5.69. The molecule has 0 spiro atoms. The SMILES string of the molecule is CSC[C@@H](CCO)NC(=O)Nc1ccc(Cl)cc1F. The Morgan fingerprint density at radius 3 is 2.89 bits per heavy atom. The zero-order chi connectivity index (χ0) is 14.3. The molecule has 1 atom stereocenters. The van der Waals surface area contributed by atoms with Gasteiger partial charge in [0.15, 0.2) is 0 Å². The van der Waals surface area contributed by atoms with Crippen LogP contribution >= 0.6 is 23.4 Å². The summed E-state index contributed by atoms with van der Waals surface area (Å²) in [5.41, 5.74) is 0.0637. The molecule has 0 aliphatic carbocycles. The molecule has 0 aliphatic rings. The molecule has 3 N–H and O–H groups in total. The van der Waals surface area contributed by atoms with Gasteiger partial charge in [-0.2, -0.15) is 11.8 Å². The minimum Gasteiger partial charge on any atom is -0.396 e. The highest BCUT2D eigenvalue weighted by atomic mass is 35.5. The van der Waals surface area contributed by atoms with E-state index in [4.69, 9.17) is 16.7 Å². The number of halogens is 2. The van der Waals surface area contributed by atoms with Gasteiger partial charge in [-0.05, 0) is 30.9 Å². The molecule has 0 aromatic heterocycles. The molecule has 1 aromatic carbocycles. The molecule has 0 heterocycles. The molecule has 1 rings (SSSR count). The van der Waals surface area contributed by atoms with Crippen LogP contribution in [0.25, 0.3) is 0 Å². The van der Waals surface area contributed by atoms with Crippen molar-refractivity contribution in [2.75, 3.05) is 23.9 Å². The minimum atomic E-state index is -0.591. The monoisotopic (exact) mass is 306 g/mol. The van der Waals surface area contributed by atoms with Crippen LogP contribution < -0.4 is 10.6 Å². The molecule has 0 aliphatic heterocycles. The highest BCUT2D eigenvalue weighted by molar-refractivity contribution is 7.98. The van der Waals surface area contributed by atoms with E-state index < -0.39 is 11.8 Å². The van der Waals surface area contributed by atoms with E-state index in [1.807, 2.05) is 6.26 Å².